The quantitative estimate of drug-likeness (QED) is 0.652. The molecule has 2 unspecified atom stereocenters. The summed E-state index contributed by atoms with van der Waals surface area (Å²) < 4.78 is 0. The first-order valence-corrected chi connectivity index (χ1v) is 4.83. The van der Waals surface area contributed by atoms with Gasteiger partial charge in [0.05, 0.1) is 0 Å². The summed E-state index contributed by atoms with van der Waals surface area (Å²) >= 11 is 11.7. The second kappa shape index (κ2) is 2.76. The van der Waals surface area contributed by atoms with E-state index in [9.17, 15) is 5.11 Å². The smallest absolute Gasteiger partial charge is 0.164 e. The lowest BCUT2D eigenvalue weighted by Gasteiger charge is -2.28. The second-order valence-corrected chi connectivity index (χ2v) is 4.52. The van der Waals surface area contributed by atoms with E-state index in [1.54, 1.807) is 12.2 Å². The first-order valence-electron chi connectivity index (χ1n) is 4.07. The fourth-order valence-electron chi connectivity index (χ4n) is 1.57. The third-order valence-corrected chi connectivity index (χ3v) is 3.04. The molecule has 0 heterocycles. The van der Waals surface area contributed by atoms with Gasteiger partial charge in [0.1, 0.15) is 0 Å². The Morgan fingerprint density at radius 1 is 1.50 bits per heavy atom. The van der Waals surface area contributed by atoms with Crippen LogP contribution in [0.5, 0.6) is 0 Å². The van der Waals surface area contributed by atoms with Crippen LogP contribution in [0, 0.1) is 11.8 Å². The van der Waals surface area contributed by atoms with Gasteiger partial charge < -0.3 is 5.11 Å². The van der Waals surface area contributed by atoms with Gasteiger partial charge in [-0.05, 0) is 30.9 Å². The molecule has 12 heavy (non-hydrogen) atoms. The summed E-state index contributed by atoms with van der Waals surface area (Å²) in [7, 11) is 0. The first kappa shape index (κ1) is 8.61. The molecule has 66 valence electrons. The van der Waals surface area contributed by atoms with E-state index in [0.717, 1.165) is 12.8 Å². The fraction of sp³-hybridized carbons (Fsp3) is 0.556. The second-order valence-electron chi connectivity index (χ2n) is 3.48. The molecule has 0 radical (unpaired) electrons. The molecule has 0 bridgehead atoms. The topological polar surface area (TPSA) is 20.2 Å². The number of aliphatic hydroxyl groups is 1. The zero-order valence-corrected chi connectivity index (χ0v) is 8.02. The number of halogens is 2. The Bertz CT molecular complexity index is 251. The zero-order chi connectivity index (χ0) is 8.77. The molecule has 0 aromatic rings. The molecule has 0 aliphatic heterocycles. The minimum Gasteiger partial charge on any atom is -0.371 e. The van der Waals surface area contributed by atoms with Gasteiger partial charge in [-0.3, -0.25) is 0 Å². The number of hydrogen-bond acceptors (Lipinski definition) is 1. The molecule has 3 heteroatoms. The van der Waals surface area contributed by atoms with Gasteiger partial charge in [-0.1, -0.05) is 29.3 Å². The maximum Gasteiger partial charge on any atom is 0.164 e. The third-order valence-electron chi connectivity index (χ3n) is 2.41. The maximum absolute atomic E-state index is 9.74. The molecule has 2 aliphatic carbocycles. The van der Waals surface area contributed by atoms with Gasteiger partial charge in [-0.25, -0.2) is 0 Å². The monoisotopic (exact) mass is 204 g/mol. The van der Waals surface area contributed by atoms with Crippen molar-refractivity contribution >= 4 is 23.2 Å². The van der Waals surface area contributed by atoms with Crippen LogP contribution in [0.2, 0.25) is 0 Å². The van der Waals surface area contributed by atoms with Crippen LogP contribution >= 0.6 is 23.2 Å². The van der Waals surface area contributed by atoms with Gasteiger partial charge in [0.15, 0.2) is 5.06 Å². The normalized spacial score (nSPS) is 41.2. The Hall–Kier alpha value is 0.0200. The lowest BCUT2D eigenvalue weighted by Crippen LogP contribution is -2.31. The van der Waals surface area contributed by atoms with E-state index in [4.69, 9.17) is 23.2 Å². The summed E-state index contributed by atoms with van der Waals surface area (Å²) in [4.78, 5) is 0. The van der Waals surface area contributed by atoms with Crippen LogP contribution in [0.15, 0.2) is 23.3 Å². The predicted octanol–water partition coefficient (Wildman–Crippen LogP) is 2.63. The molecule has 2 aliphatic rings. The van der Waals surface area contributed by atoms with Gasteiger partial charge >= 0.3 is 0 Å². The number of hydrogen-bond donors (Lipinski definition) is 1. The summed E-state index contributed by atoms with van der Waals surface area (Å²) in [6, 6.07) is 0. The lowest BCUT2D eigenvalue weighted by molar-refractivity contribution is 0.120. The largest absolute Gasteiger partial charge is 0.371 e. The first-order chi connectivity index (χ1) is 5.59. The van der Waals surface area contributed by atoms with E-state index in [-0.39, 0.29) is 5.92 Å². The Labute approximate surface area is 81.7 Å². The van der Waals surface area contributed by atoms with E-state index >= 15 is 0 Å². The Morgan fingerprint density at radius 3 is 2.75 bits per heavy atom. The molecule has 1 nitrogen and oxygen atoms in total. The van der Waals surface area contributed by atoms with Gasteiger partial charge in [-0.15, -0.1) is 0 Å². The van der Waals surface area contributed by atoms with E-state index in [1.165, 1.54) is 0 Å². The van der Waals surface area contributed by atoms with Crippen LogP contribution in [0.4, 0.5) is 0 Å². The Morgan fingerprint density at radius 2 is 2.17 bits per heavy atom. The highest BCUT2D eigenvalue weighted by molar-refractivity contribution is 6.32. The van der Waals surface area contributed by atoms with E-state index < -0.39 is 5.06 Å². The van der Waals surface area contributed by atoms with Gasteiger partial charge in [0, 0.05) is 11.0 Å². The molecular formula is C9H10Cl2O. The summed E-state index contributed by atoms with van der Waals surface area (Å²) in [6.45, 7) is 0. The van der Waals surface area contributed by atoms with Crippen LogP contribution < -0.4 is 0 Å². The molecular weight excluding hydrogens is 195 g/mol. The molecule has 0 aromatic heterocycles. The molecule has 0 aromatic carbocycles. The molecule has 1 saturated carbocycles. The summed E-state index contributed by atoms with van der Waals surface area (Å²) in [5, 5.41) is 9.21. The van der Waals surface area contributed by atoms with Crippen LogP contribution in [0.3, 0.4) is 0 Å². The van der Waals surface area contributed by atoms with E-state index in [0.29, 0.717) is 11.0 Å². The van der Waals surface area contributed by atoms with Crippen molar-refractivity contribution in [3.05, 3.63) is 23.3 Å². The van der Waals surface area contributed by atoms with Gasteiger partial charge in [-0.2, -0.15) is 0 Å². The van der Waals surface area contributed by atoms with E-state index in [1.807, 2.05) is 6.08 Å². The molecule has 0 saturated heterocycles. The average molecular weight is 205 g/mol. The van der Waals surface area contributed by atoms with Crippen molar-refractivity contribution in [2.45, 2.75) is 17.9 Å². The zero-order valence-electron chi connectivity index (χ0n) is 6.50. The average Bonchev–Trinajstić information content (AvgIpc) is 2.77. The number of alkyl halides is 1. The highest BCUT2D eigenvalue weighted by Gasteiger charge is 2.43. The van der Waals surface area contributed by atoms with Crippen molar-refractivity contribution in [1.82, 2.24) is 0 Å². The third kappa shape index (κ3) is 1.54. The Balaban J connectivity index is 2.23. The SMILES string of the molecule is OC1(Cl)C=CC(Cl)=CC1C1CC1. The minimum absolute atomic E-state index is 0.00309. The lowest BCUT2D eigenvalue weighted by atomic mass is 9.92. The molecule has 1 fully saturated rings. The molecule has 0 spiro atoms. The van der Waals surface area contributed by atoms with Crippen LogP contribution in [0.1, 0.15) is 12.8 Å². The van der Waals surface area contributed by atoms with Crippen molar-refractivity contribution in [2.24, 2.45) is 11.8 Å². The molecule has 2 rings (SSSR count). The van der Waals surface area contributed by atoms with Gasteiger partial charge in [0.2, 0.25) is 0 Å². The van der Waals surface area contributed by atoms with Crippen LogP contribution in [-0.4, -0.2) is 10.2 Å². The fourth-order valence-corrected chi connectivity index (χ4v) is 2.08. The molecule has 2 atom stereocenters. The highest BCUT2D eigenvalue weighted by Crippen LogP contribution is 2.47. The van der Waals surface area contributed by atoms with Crippen molar-refractivity contribution in [3.63, 3.8) is 0 Å². The standard InChI is InChI=1S/C9H10Cl2O/c10-7-3-4-9(11,12)8(5-7)6-1-2-6/h3-6,8,12H,1-2H2. The maximum atomic E-state index is 9.74. The molecule has 0 amide bonds. The highest BCUT2D eigenvalue weighted by atomic mass is 35.5. The van der Waals surface area contributed by atoms with Crippen molar-refractivity contribution < 1.29 is 5.11 Å². The number of rotatable bonds is 1. The molecule has 1 N–H and O–H groups in total. The van der Waals surface area contributed by atoms with Crippen molar-refractivity contribution in [1.29, 1.82) is 0 Å². The Kier molecular flexibility index (Phi) is 1.98. The van der Waals surface area contributed by atoms with Crippen molar-refractivity contribution in [3.8, 4) is 0 Å². The van der Waals surface area contributed by atoms with Crippen LogP contribution in [0.25, 0.3) is 0 Å². The van der Waals surface area contributed by atoms with Crippen molar-refractivity contribution in [2.75, 3.05) is 0 Å². The summed E-state index contributed by atoms with van der Waals surface area (Å²) in [5.74, 6) is 0.517. The van der Waals surface area contributed by atoms with Crippen LogP contribution in [-0.2, 0) is 0 Å². The number of allylic oxidation sites excluding steroid dienone is 2. The van der Waals surface area contributed by atoms with Gasteiger partial charge in [0.25, 0.3) is 0 Å². The summed E-state index contributed by atoms with van der Waals surface area (Å²) in [6.07, 6.45) is 7.36. The van der Waals surface area contributed by atoms with E-state index in [2.05, 4.69) is 0 Å². The summed E-state index contributed by atoms with van der Waals surface area (Å²) in [5.41, 5.74) is 0. The predicted molar refractivity (Wildman–Crippen MR) is 50.1 cm³/mol. The minimum atomic E-state index is -1.21.